The first kappa shape index (κ1) is 27.0. The third-order valence-electron chi connectivity index (χ3n) is 7.19. The molecule has 1 atom stereocenters. The van der Waals surface area contributed by atoms with E-state index in [0.717, 1.165) is 0 Å². The molecule has 1 N–H and O–H groups in total. The topological polar surface area (TPSA) is 120 Å². The third-order valence-corrected chi connectivity index (χ3v) is 9.23. The second kappa shape index (κ2) is 11.3. The lowest BCUT2D eigenvalue weighted by Gasteiger charge is -2.37. The van der Waals surface area contributed by atoms with E-state index >= 15 is 0 Å². The van der Waals surface area contributed by atoms with Crippen LogP contribution >= 0.6 is 0 Å². The van der Waals surface area contributed by atoms with Gasteiger partial charge in [0.1, 0.15) is 16.3 Å². The molecule has 10 nitrogen and oxygen atoms in total. The number of nitrogens with one attached hydrogen (secondary N) is 1. The van der Waals surface area contributed by atoms with Gasteiger partial charge in [-0.1, -0.05) is 18.2 Å². The maximum Gasteiger partial charge on any atom is 0.417 e. The number of sulfone groups is 1. The van der Waals surface area contributed by atoms with Gasteiger partial charge in [-0.3, -0.25) is 5.32 Å². The van der Waals surface area contributed by atoms with E-state index in [1.165, 1.54) is 6.26 Å². The van der Waals surface area contributed by atoms with Gasteiger partial charge in [0.15, 0.2) is 15.7 Å². The SMILES string of the molecule is C[C@H]1COCCN1c1cc(C2(S(C)(=O)=O)CCOCC2)nc(-c2ccc(NC(=O)Oc3ccccc3)cc2)n1. The number of hydrogen-bond donors (Lipinski definition) is 1. The monoisotopic (exact) mass is 552 g/mol. The molecule has 206 valence electrons. The molecule has 0 aliphatic carbocycles. The number of para-hydroxylation sites is 1. The van der Waals surface area contributed by atoms with Crippen LogP contribution in [0, 0.1) is 0 Å². The van der Waals surface area contributed by atoms with E-state index in [1.807, 2.05) is 12.1 Å². The zero-order valence-electron chi connectivity index (χ0n) is 22.0. The number of carbonyl (C=O) groups is 1. The van der Waals surface area contributed by atoms with Crippen molar-refractivity contribution in [1.29, 1.82) is 0 Å². The van der Waals surface area contributed by atoms with Gasteiger partial charge in [-0.15, -0.1) is 0 Å². The number of rotatable bonds is 6. The van der Waals surface area contributed by atoms with Crippen LogP contribution in [0.1, 0.15) is 25.5 Å². The van der Waals surface area contributed by atoms with Gasteiger partial charge in [0.2, 0.25) is 0 Å². The number of ether oxygens (including phenoxy) is 3. The molecule has 3 aromatic rings. The smallest absolute Gasteiger partial charge is 0.410 e. The molecule has 11 heteroatoms. The van der Waals surface area contributed by atoms with Crippen LogP contribution < -0.4 is 15.0 Å². The number of hydrogen-bond acceptors (Lipinski definition) is 9. The van der Waals surface area contributed by atoms with Crippen LogP contribution in [0.15, 0.2) is 60.7 Å². The minimum atomic E-state index is -3.52. The van der Waals surface area contributed by atoms with Crippen molar-refractivity contribution in [2.75, 3.05) is 49.4 Å². The normalized spacial score (nSPS) is 19.3. The number of benzene rings is 2. The third kappa shape index (κ3) is 5.90. The van der Waals surface area contributed by atoms with E-state index in [1.54, 1.807) is 48.5 Å². The van der Waals surface area contributed by atoms with Gasteiger partial charge in [-0.25, -0.2) is 23.2 Å². The summed E-state index contributed by atoms with van der Waals surface area (Å²) in [6.45, 7) is 4.49. The summed E-state index contributed by atoms with van der Waals surface area (Å²) in [7, 11) is -3.52. The van der Waals surface area contributed by atoms with Gasteiger partial charge in [-0.05, 0) is 56.2 Å². The molecule has 5 rings (SSSR count). The number of nitrogens with zero attached hydrogens (tertiary/aromatic N) is 3. The number of morpholine rings is 1. The Bertz CT molecular complexity index is 1410. The van der Waals surface area contributed by atoms with E-state index in [0.29, 0.717) is 80.2 Å². The minimum absolute atomic E-state index is 0.0698. The second-order valence-corrected chi connectivity index (χ2v) is 12.2. The lowest BCUT2D eigenvalue weighted by atomic mass is 9.94. The number of carbonyl (C=O) groups excluding carboxylic acids is 1. The van der Waals surface area contributed by atoms with E-state index in [9.17, 15) is 13.2 Å². The van der Waals surface area contributed by atoms with E-state index in [4.69, 9.17) is 24.2 Å². The van der Waals surface area contributed by atoms with Crippen molar-refractivity contribution in [2.24, 2.45) is 0 Å². The molecule has 0 bridgehead atoms. The first-order valence-electron chi connectivity index (χ1n) is 12.9. The number of aromatic nitrogens is 2. The van der Waals surface area contributed by atoms with Gasteiger partial charge in [-0.2, -0.15) is 0 Å². The Morgan fingerprint density at radius 2 is 1.74 bits per heavy atom. The zero-order chi connectivity index (χ0) is 27.5. The summed E-state index contributed by atoms with van der Waals surface area (Å²) in [6.07, 6.45) is 1.32. The summed E-state index contributed by atoms with van der Waals surface area (Å²) in [5.74, 6) is 1.51. The summed E-state index contributed by atoms with van der Waals surface area (Å²) in [5, 5.41) is 2.71. The fraction of sp³-hybridized carbons (Fsp3) is 0.393. The summed E-state index contributed by atoms with van der Waals surface area (Å²) in [6, 6.07) is 17.7. The van der Waals surface area contributed by atoms with Crippen LogP contribution in [-0.4, -0.2) is 69.7 Å². The molecule has 0 saturated carbocycles. The molecular weight excluding hydrogens is 520 g/mol. The molecule has 2 fully saturated rings. The minimum Gasteiger partial charge on any atom is -0.410 e. The first-order valence-corrected chi connectivity index (χ1v) is 14.8. The van der Waals surface area contributed by atoms with Gasteiger partial charge in [0.25, 0.3) is 0 Å². The highest BCUT2D eigenvalue weighted by atomic mass is 32.2. The largest absolute Gasteiger partial charge is 0.417 e. The molecular formula is C28H32N4O6S. The molecule has 3 heterocycles. The fourth-order valence-electron chi connectivity index (χ4n) is 4.97. The van der Waals surface area contributed by atoms with Gasteiger partial charge >= 0.3 is 6.09 Å². The zero-order valence-corrected chi connectivity index (χ0v) is 22.8. The van der Waals surface area contributed by atoms with Crippen molar-refractivity contribution >= 4 is 27.4 Å². The van der Waals surface area contributed by atoms with Crippen molar-refractivity contribution < 1.29 is 27.4 Å². The maximum absolute atomic E-state index is 13.2. The van der Waals surface area contributed by atoms with Gasteiger partial charge < -0.3 is 19.1 Å². The highest BCUT2D eigenvalue weighted by molar-refractivity contribution is 7.91. The Hall–Kier alpha value is -3.54. The molecule has 0 spiro atoms. The Labute approximate surface area is 228 Å². The number of anilines is 2. The fourth-order valence-corrected chi connectivity index (χ4v) is 6.36. The van der Waals surface area contributed by atoms with E-state index in [-0.39, 0.29) is 6.04 Å². The average Bonchev–Trinajstić information content (AvgIpc) is 2.94. The standard InChI is InChI=1S/C28H32N4O6S/c1-20-19-37-17-14-32(20)25-18-24(28(39(2,34)35)12-15-36-16-13-28)30-26(31-25)21-8-10-22(11-9-21)29-27(33)38-23-6-4-3-5-7-23/h3-11,18,20H,12-17,19H2,1-2H3,(H,29,33)/t20-/m0/s1. The van der Waals surface area contributed by atoms with Crippen LogP contribution in [0.25, 0.3) is 11.4 Å². The molecule has 39 heavy (non-hydrogen) atoms. The van der Waals surface area contributed by atoms with Crippen molar-refractivity contribution in [1.82, 2.24) is 9.97 Å². The van der Waals surface area contributed by atoms with Crippen LogP contribution in [-0.2, 0) is 24.1 Å². The van der Waals surface area contributed by atoms with Crippen molar-refractivity contribution in [3.8, 4) is 17.1 Å². The summed E-state index contributed by atoms with van der Waals surface area (Å²) < 4.78 is 41.6. The van der Waals surface area contributed by atoms with Crippen LogP contribution in [0.5, 0.6) is 5.75 Å². The average molecular weight is 553 g/mol. The molecule has 0 unspecified atom stereocenters. The highest BCUT2D eigenvalue weighted by Gasteiger charge is 2.46. The Morgan fingerprint density at radius 3 is 2.41 bits per heavy atom. The molecule has 0 radical (unpaired) electrons. The molecule has 1 aromatic heterocycles. The summed E-state index contributed by atoms with van der Waals surface area (Å²) in [4.78, 5) is 24.1. The Kier molecular flexibility index (Phi) is 7.83. The van der Waals surface area contributed by atoms with Crippen LogP contribution in [0.4, 0.5) is 16.3 Å². The van der Waals surface area contributed by atoms with E-state index < -0.39 is 20.7 Å². The van der Waals surface area contributed by atoms with Crippen LogP contribution in [0.3, 0.4) is 0 Å². The maximum atomic E-state index is 13.2. The second-order valence-electron chi connectivity index (χ2n) is 9.84. The number of amides is 1. The molecule has 2 saturated heterocycles. The highest BCUT2D eigenvalue weighted by Crippen LogP contribution is 2.40. The Morgan fingerprint density at radius 1 is 1.03 bits per heavy atom. The molecule has 2 aliphatic heterocycles. The van der Waals surface area contributed by atoms with E-state index in [2.05, 4.69) is 17.1 Å². The molecule has 2 aliphatic rings. The Balaban J connectivity index is 1.48. The predicted molar refractivity (Wildman–Crippen MR) is 148 cm³/mol. The van der Waals surface area contributed by atoms with Gasteiger partial charge in [0, 0.05) is 43.3 Å². The lowest BCUT2D eigenvalue weighted by molar-refractivity contribution is 0.0731. The summed E-state index contributed by atoms with van der Waals surface area (Å²) >= 11 is 0. The van der Waals surface area contributed by atoms with Gasteiger partial charge in [0.05, 0.1) is 24.9 Å². The lowest BCUT2D eigenvalue weighted by Crippen LogP contribution is -2.45. The summed E-state index contributed by atoms with van der Waals surface area (Å²) in [5.41, 5.74) is 1.70. The quantitative estimate of drug-likeness (QED) is 0.483. The van der Waals surface area contributed by atoms with Crippen molar-refractivity contribution in [3.05, 3.63) is 66.4 Å². The van der Waals surface area contributed by atoms with Crippen molar-refractivity contribution in [2.45, 2.75) is 30.6 Å². The van der Waals surface area contributed by atoms with Crippen LogP contribution in [0.2, 0.25) is 0 Å². The predicted octanol–water partition coefficient (Wildman–Crippen LogP) is 4.03. The molecule has 2 aromatic carbocycles. The van der Waals surface area contributed by atoms with Crippen molar-refractivity contribution in [3.63, 3.8) is 0 Å². The molecule has 1 amide bonds. The first-order chi connectivity index (χ1) is 18.7.